The van der Waals surface area contributed by atoms with E-state index in [0.717, 1.165) is 18.9 Å². The molecule has 2 N–H and O–H groups in total. The lowest BCUT2D eigenvalue weighted by atomic mass is 10.2. The largest absolute Gasteiger partial charge is 0.710 e. The van der Waals surface area contributed by atoms with Crippen LogP contribution in [-0.2, 0) is 6.42 Å². The van der Waals surface area contributed by atoms with Crippen LogP contribution in [0.4, 0.5) is 11.5 Å². The molecule has 0 saturated heterocycles. The first kappa shape index (κ1) is 11.2. The van der Waals surface area contributed by atoms with E-state index in [-0.39, 0.29) is 11.5 Å². The summed E-state index contributed by atoms with van der Waals surface area (Å²) >= 11 is 0. The van der Waals surface area contributed by atoms with Crippen molar-refractivity contribution < 1.29 is 9.65 Å². The van der Waals surface area contributed by atoms with Gasteiger partial charge in [-0.25, -0.2) is 4.73 Å². The molecular formula is C9H13N3O3. The Morgan fingerprint density at radius 2 is 2.20 bits per heavy atom. The van der Waals surface area contributed by atoms with E-state index < -0.39 is 4.92 Å². The van der Waals surface area contributed by atoms with Crippen LogP contribution in [0.15, 0.2) is 12.1 Å². The molecule has 0 aliphatic heterocycles. The summed E-state index contributed by atoms with van der Waals surface area (Å²) in [5.74, 6) is -0.129. The van der Waals surface area contributed by atoms with E-state index in [1.165, 1.54) is 6.07 Å². The summed E-state index contributed by atoms with van der Waals surface area (Å²) in [7, 11) is 0. The topological polar surface area (TPSA) is 96.1 Å². The maximum atomic E-state index is 11.4. The van der Waals surface area contributed by atoms with Crippen LogP contribution in [0, 0.1) is 15.3 Å². The average molecular weight is 211 g/mol. The van der Waals surface area contributed by atoms with Gasteiger partial charge in [0.25, 0.3) is 11.5 Å². The van der Waals surface area contributed by atoms with E-state index in [9.17, 15) is 15.3 Å². The fourth-order valence-electron chi connectivity index (χ4n) is 1.28. The van der Waals surface area contributed by atoms with Gasteiger partial charge in [0.15, 0.2) is 0 Å². The molecule has 0 saturated carbocycles. The van der Waals surface area contributed by atoms with Crippen molar-refractivity contribution in [2.75, 3.05) is 5.73 Å². The van der Waals surface area contributed by atoms with Crippen molar-refractivity contribution in [3.8, 4) is 0 Å². The molecule has 0 unspecified atom stereocenters. The Bertz CT molecular complexity index is 379. The number of rotatable bonds is 4. The Morgan fingerprint density at radius 3 is 2.73 bits per heavy atom. The molecule has 0 spiro atoms. The van der Waals surface area contributed by atoms with Crippen molar-refractivity contribution in [2.24, 2.45) is 0 Å². The Labute approximate surface area is 87.1 Å². The van der Waals surface area contributed by atoms with Gasteiger partial charge in [-0.1, -0.05) is 13.3 Å². The third-order valence-corrected chi connectivity index (χ3v) is 2.10. The van der Waals surface area contributed by atoms with Crippen molar-refractivity contribution >= 4 is 11.5 Å². The van der Waals surface area contributed by atoms with Crippen molar-refractivity contribution in [3.05, 3.63) is 33.1 Å². The van der Waals surface area contributed by atoms with Crippen molar-refractivity contribution in [2.45, 2.75) is 26.2 Å². The molecule has 0 bridgehead atoms. The highest BCUT2D eigenvalue weighted by atomic mass is 16.6. The Morgan fingerprint density at radius 1 is 1.53 bits per heavy atom. The number of nitrogen functional groups attached to an aromatic ring is 1. The molecule has 15 heavy (non-hydrogen) atoms. The second-order valence-corrected chi connectivity index (χ2v) is 3.28. The van der Waals surface area contributed by atoms with E-state index in [1.54, 1.807) is 0 Å². The number of anilines is 1. The summed E-state index contributed by atoms with van der Waals surface area (Å²) in [5.41, 5.74) is 5.59. The lowest BCUT2D eigenvalue weighted by Crippen LogP contribution is -2.35. The van der Waals surface area contributed by atoms with Gasteiger partial charge in [-0.2, -0.15) is 0 Å². The first-order valence-electron chi connectivity index (χ1n) is 4.72. The molecule has 0 fully saturated rings. The highest BCUT2D eigenvalue weighted by Gasteiger charge is 2.14. The Hall–Kier alpha value is -1.85. The summed E-state index contributed by atoms with van der Waals surface area (Å²) in [4.78, 5) is 9.98. The molecule has 0 aliphatic carbocycles. The van der Waals surface area contributed by atoms with Gasteiger partial charge >= 0.3 is 0 Å². The van der Waals surface area contributed by atoms with E-state index in [0.29, 0.717) is 16.8 Å². The zero-order valence-corrected chi connectivity index (χ0v) is 8.47. The number of aryl methyl sites for hydroxylation is 1. The van der Waals surface area contributed by atoms with E-state index in [1.807, 2.05) is 6.92 Å². The molecule has 1 heterocycles. The number of nitrogens with two attached hydrogens (primary N) is 1. The zero-order chi connectivity index (χ0) is 11.4. The number of nitro groups is 1. The molecule has 1 rings (SSSR count). The lowest BCUT2D eigenvalue weighted by Gasteiger charge is -2.10. The molecule has 0 aromatic carbocycles. The van der Waals surface area contributed by atoms with E-state index >= 15 is 0 Å². The molecule has 0 radical (unpaired) electrons. The average Bonchev–Trinajstić information content (AvgIpc) is 2.19. The van der Waals surface area contributed by atoms with Gasteiger partial charge in [0.05, 0.1) is 11.0 Å². The van der Waals surface area contributed by atoms with Crippen molar-refractivity contribution in [1.29, 1.82) is 0 Å². The number of hydrogen-bond acceptors (Lipinski definition) is 4. The molecule has 1 aromatic heterocycles. The van der Waals surface area contributed by atoms with Crippen molar-refractivity contribution in [1.82, 2.24) is 0 Å². The smallest absolute Gasteiger partial charge is 0.282 e. The monoisotopic (exact) mass is 211 g/mol. The minimum absolute atomic E-state index is 0.129. The molecule has 6 heteroatoms. The fourth-order valence-corrected chi connectivity index (χ4v) is 1.28. The van der Waals surface area contributed by atoms with Crippen LogP contribution in [0.2, 0.25) is 0 Å². The second kappa shape index (κ2) is 4.59. The van der Waals surface area contributed by atoms with Crippen LogP contribution in [0.3, 0.4) is 0 Å². The van der Waals surface area contributed by atoms with E-state index in [2.05, 4.69) is 0 Å². The van der Waals surface area contributed by atoms with Crippen LogP contribution >= 0.6 is 0 Å². The predicted octanol–water partition coefficient (Wildman–Crippen LogP) is 1.15. The van der Waals surface area contributed by atoms with Gasteiger partial charge in [0.2, 0.25) is 0 Å². The van der Waals surface area contributed by atoms with Crippen LogP contribution < -0.4 is 10.5 Å². The summed E-state index contributed by atoms with van der Waals surface area (Å²) in [5, 5.41) is 21.9. The molecule has 0 amide bonds. The van der Waals surface area contributed by atoms with Crippen LogP contribution in [0.1, 0.15) is 25.5 Å². The van der Waals surface area contributed by atoms with Gasteiger partial charge in [0.1, 0.15) is 11.8 Å². The summed E-state index contributed by atoms with van der Waals surface area (Å²) in [6.07, 6.45) is 2.23. The number of hydrogen-bond donors (Lipinski definition) is 1. The normalized spacial score (nSPS) is 10.2. The third kappa shape index (κ3) is 2.55. The first-order valence-corrected chi connectivity index (χ1v) is 4.72. The highest BCUT2D eigenvalue weighted by molar-refractivity contribution is 5.38. The quantitative estimate of drug-likeness (QED) is 0.349. The second-order valence-electron chi connectivity index (χ2n) is 3.28. The summed E-state index contributed by atoms with van der Waals surface area (Å²) < 4.78 is 0.544. The molecule has 1 aromatic rings. The van der Waals surface area contributed by atoms with Crippen LogP contribution in [0.5, 0.6) is 0 Å². The maximum Gasteiger partial charge on any atom is 0.282 e. The Balaban J connectivity index is 3.07. The number of aromatic nitrogens is 1. The standard InChI is InChI=1S/C9H13N3O3/c1-2-3-4-7-5-8(12(14)15)6-9(10)11(7)13/h5-6H,2-4,10H2,1H3. The third-order valence-electron chi connectivity index (χ3n) is 2.10. The number of unbranched alkanes of at least 4 members (excludes halogenated alkanes) is 1. The maximum absolute atomic E-state index is 11.4. The van der Waals surface area contributed by atoms with Gasteiger partial charge in [0, 0.05) is 6.42 Å². The van der Waals surface area contributed by atoms with Gasteiger partial charge in [-0.15, -0.1) is 0 Å². The summed E-state index contributed by atoms with van der Waals surface area (Å²) in [6.45, 7) is 1.98. The fraction of sp³-hybridized carbons (Fsp3) is 0.444. The molecule has 6 nitrogen and oxygen atoms in total. The predicted molar refractivity (Wildman–Crippen MR) is 55.1 cm³/mol. The minimum atomic E-state index is -0.550. The molecule has 0 atom stereocenters. The molecule has 82 valence electrons. The number of nitrogens with zero attached hydrogens (tertiary/aromatic N) is 2. The van der Waals surface area contributed by atoms with E-state index in [4.69, 9.17) is 5.73 Å². The number of pyridine rings is 1. The minimum Gasteiger partial charge on any atom is -0.710 e. The first-order chi connectivity index (χ1) is 7.06. The van der Waals surface area contributed by atoms with Gasteiger partial charge < -0.3 is 5.21 Å². The lowest BCUT2D eigenvalue weighted by molar-refractivity contribution is -0.599. The van der Waals surface area contributed by atoms with Gasteiger partial charge in [-0.3, -0.25) is 15.8 Å². The van der Waals surface area contributed by atoms with Crippen molar-refractivity contribution in [3.63, 3.8) is 0 Å². The summed E-state index contributed by atoms with van der Waals surface area (Å²) in [6, 6.07) is 2.35. The van der Waals surface area contributed by atoms with Gasteiger partial charge in [-0.05, 0) is 6.42 Å². The van der Waals surface area contributed by atoms with Crippen LogP contribution in [0.25, 0.3) is 0 Å². The SMILES string of the molecule is CCCCc1cc([N+](=O)[O-])cc(N)[n+]1[O-]. The zero-order valence-electron chi connectivity index (χ0n) is 8.47. The van der Waals surface area contributed by atoms with Crippen LogP contribution in [-0.4, -0.2) is 4.92 Å². The molecule has 0 aliphatic rings. The highest BCUT2D eigenvalue weighted by Crippen LogP contribution is 2.15. The Kier molecular flexibility index (Phi) is 3.43. The molecular weight excluding hydrogens is 198 g/mol.